The Morgan fingerprint density at radius 2 is 1.56 bits per heavy atom. The highest BCUT2D eigenvalue weighted by Crippen LogP contribution is 2.27. The van der Waals surface area contributed by atoms with Crippen molar-refractivity contribution in [3.05, 3.63) is 46.6 Å². The molecule has 198 valence electrons. The van der Waals surface area contributed by atoms with Gasteiger partial charge < -0.3 is 29.2 Å². The molecule has 6 heteroatoms. The van der Waals surface area contributed by atoms with E-state index in [0.29, 0.717) is 18.6 Å². The standard InChI is InChI=1S/C16H28O6.C12H22/c1-4-12-5-6-13(8-21-15(17)10-19-2)14(7-12)9-22-16(18)11-20-3;1-10(2)8-7-9-11(3)12(4,5)6/h5,15-18H,4,6-11H2,1-3H3;9H,1,7-8H2,2-6H3/b;11-9+. The van der Waals surface area contributed by atoms with Crippen molar-refractivity contribution in [3.63, 3.8) is 0 Å². The van der Waals surface area contributed by atoms with Crippen LogP contribution in [0, 0.1) is 5.41 Å². The molecule has 0 radical (unpaired) electrons. The first-order chi connectivity index (χ1) is 15.9. The van der Waals surface area contributed by atoms with E-state index in [2.05, 4.69) is 60.3 Å². The fraction of sp³-hybridized carbons (Fsp3) is 0.714. The largest absolute Gasteiger partial charge is 0.379 e. The van der Waals surface area contributed by atoms with Crippen molar-refractivity contribution in [1.82, 2.24) is 0 Å². The maximum absolute atomic E-state index is 9.61. The predicted molar refractivity (Wildman–Crippen MR) is 140 cm³/mol. The van der Waals surface area contributed by atoms with Crippen molar-refractivity contribution in [3.8, 4) is 0 Å². The SMILES string of the molecule is C=C(C)CC/C=C(\C)C(C)(C)C.CCC1=CCC(COC(O)COC)=C(COC(O)COC)C1. The van der Waals surface area contributed by atoms with E-state index in [1.807, 2.05) is 0 Å². The van der Waals surface area contributed by atoms with Gasteiger partial charge in [0.05, 0.1) is 26.4 Å². The van der Waals surface area contributed by atoms with E-state index < -0.39 is 12.6 Å². The zero-order valence-electron chi connectivity index (χ0n) is 22.9. The molecule has 0 aromatic rings. The average molecular weight is 483 g/mol. The first-order valence-electron chi connectivity index (χ1n) is 12.2. The molecule has 6 nitrogen and oxygen atoms in total. The van der Waals surface area contributed by atoms with Gasteiger partial charge >= 0.3 is 0 Å². The highest BCUT2D eigenvalue weighted by Gasteiger charge is 2.17. The minimum atomic E-state index is -0.935. The minimum Gasteiger partial charge on any atom is -0.379 e. The molecular weight excluding hydrogens is 432 g/mol. The molecule has 1 rings (SSSR count). The van der Waals surface area contributed by atoms with Crippen LogP contribution in [0.1, 0.15) is 73.6 Å². The summed E-state index contributed by atoms with van der Waals surface area (Å²) in [5.41, 5.74) is 6.60. The first kappa shape index (κ1) is 32.7. The van der Waals surface area contributed by atoms with E-state index >= 15 is 0 Å². The quantitative estimate of drug-likeness (QED) is 0.244. The summed E-state index contributed by atoms with van der Waals surface area (Å²) in [7, 11) is 3.03. The van der Waals surface area contributed by atoms with Gasteiger partial charge in [-0.2, -0.15) is 0 Å². The highest BCUT2D eigenvalue weighted by molar-refractivity contribution is 5.30. The highest BCUT2D eigenvalue weighted by atomic mass is 16.6. The zero-order valence-corrected chi connectivity index (χ0v) is 22.9. The van der Waals surface area contributed by atoms with Gasteiger partial charge in [0, 0.05) is 14.2 Å². The lowest BCUT2D eigenvalue weighted by molar-refractivity contribution is -0.129. The van der Waals surface area contributed by atoms with Crippen molar-refractivity contribution >= 4 is 0 Å². The molecule has 0 spiro atoms. The molecule has 2 N–H and O–H groups in total. The summed E-state index contributed by atoms with van der Waals surface area (Å²) in [4.78, 5) is 0. The second-order valence-electron chi connectivity index (χ2n) is 9.88. The number of hydrogen-bond donors (Lipinski definition) is 2. The summed E-state index contributed by atoms with van der Waals surface area (Å²) in [6, 6.07) is 0. The summed E-state index contributed by atoms with van der Waals surface area (Å²) in [6.07, 6.45) is 7.49. The van der Waals surface area contributed by atoms with Gasteiger partial charge in [-0.25, -0.2) is 0 Å². The zero-order chi connectivity index (χ0) is 26.1. The molecule has 0 amide bonds. The molecule has 1 aliphatic rings. The van der Waals surface area contributed by atoms with Crippen molar-refractivity contribution in [2.24, 2.45) is 5.41 Å². The molecular formula is C28H50O6. The Hall–Kier alpha value is -1.28. The molecule has 2 atom stereocenters. The molecule has 0 aliphatic heterocycles. The van der Waals surface area contributed by atoms with E-state index in [9.17, 15) is 10.2 Å². The number of hydrogen-bond acceptors (Lipinski definition) is 6. The average Bonchev–Trinajstić information content (AvgIpc) is 2.76. The monoisotopic (exact) mass is 482 g/mol. The number of aliphatic hydroxyl groups excluding tert-OH is 2. The Morgan fingerprint density at radius 1 is 1.03 bits per heavy atom. The number of rotatable bonds is 14. The molecule has 1 aliphatic carbocycles. The number of methoxy groups -OCH3 is 2. The summed E-state index contributed by atoms with van der Waals surface area (Å²) >= 11 is 0. The predicted octanol–water partition coefficient (Wildman–Crippen LogP) is 5.71. The van der Waals surface area contributed by atoms with Crippen molar-refractivity contribution in [2.75, 3.05) is 40.6 Å². The topological polar surface area (TPSA) is 77.4 Å². The molecule has 0 aromatic carbocycles. The number of allylic oxidation sites excluding steroid dienone is 5. The van der Waals surface area contributed by atoms with Gasteiger partial charge in [0.15, 0.2) is 12.6 Å². The van der Waals surface area contributed by atoms with Crippen LogP contribution in [-0.4, -0.2) is 63.4 Å². The van der Waals surface area contributed by atoms with Gasteiger partial charge in [-0.1, -0.05) is 56.6 Å². The van der Waals surface area contributed by atoms with Crippen LogP contribution in [-0.2, 0) is 18.9 Å². The van der Waals surface area contributed by atoms with Crippen LogP contribution in [0.15, 0.2) is 46.6 Å². The summed E-state index contributed by atoms with van der Waals surface area (Å²) < 4.78 is 20.5. The molecule has 0 heterocycles. The maximum Gasteiger partial charge on any atom is 0.178 e. The third-order valence-corrected chi connectivity index (χ3v) is 5.75. The minimum absolute atomic E-state index is 0.141. The van der Waals surface area contributed by atoms with Crippen LogP contribution in [0.3, 0.4) is 0 Å². The molecule has 0 saturated heterocycles. The Labute approximate surface area is 208 Å². The van der Waals surface area contributed by atoms with Crippen molar-refractivity contribution in [2.45, 2.75) is 86.2 Å². The van der Waals surface area contributed by atoms with Crippen LogP contribution in [0.2, 0.25) is 0 Å². The summed E-state index contributed by atoms with van der Waals surface area (Å²) in [6.45, 7) is 18.0. The Morgan fingerprint density at radius 3 is 2.00 bits per heavy atom. The molecule has 0 fully saturated rings. The number of ether oxygens (including phenoxy) is 4. The summed E-state index contributed by atoms with van der Waals surface area (Å²) in [5.74, 6) is 0. The van der Waals surface area contributed by atoms with Crippen molar-refractivity contribution < 1.29 is 29.2 Å². The van der Waals surface area contributed by atoms with Crippen LogP contribution in [0.25, 0.3) is 0 Å². The smallest absolute Gasteiger partial charge is 0.178 e. The van der Waals surface area contributed by atoms with Gasteiger partial charge in [-0.15, -0.1) is 6.58 Å². The van der Waals surface area contributed by atoms with E-state index in [4.69, 9.17) is 18.9 Å². The van der Waals surface area contributed by atoms with Crippen molar-refractivity contribution in [1.29, 1.82) is 0 Å². The Kier molecular flexibility index (Phi) is 17.4. The van der Waals surface area contributed by atoms with Crippen LogP contribution in [0.5, 0.6) is 0 Å². The molecule has 0 aromatic heterocycles. The van der Waals surface area contributed by atoms with Crippen LogP contribution >= 0.6 is 0 Å². The van der Waals surface area contributed by atoms with Crippen LogP contribution < -0.4 is 0 Å². The van der Waals surface area contributed by atoms with E-state index in [1.54, 1.807) is 0 Å². The lowest BCUT2D eigenvalue weighted by atomic mass is 9.87. The van der Waals surface area contributed by atoms with E-state index in [-0.39, 0.29) is 13.2 Å². The second kappa shape index (κ2) is 18.1. The third-order valence-electron chi connectivity index (χ3n) is 5.75. The van der Waals surface area contributed by atoms with Gasteiger partial charge in [-0.3, -0.25) is 0 Å². The van der Waals surface area contributed by atoms with E-state index in [0.717, 1.165) is 43.3 Å². The maximum atomic E-state index is 9.61. The van der Waals surface area contributed by atoms with E-state index in [1.165, 1.54) is 30.9 Å². The lowest BCUT2D eigenvalue weighted by Gasteiger charge is -2.23. The fourth-order valence-corrected chi connectivity index (χ4v) is 3.08. The molecule has 0 saturated carbocycles. The van der Waals surface area contributed by atoms with Gasteiger partial charge in [-0.05, 0) is 62.5 Å². The molecule has 34 heavy (non-hydrogen) atoms. The fourth-order valence-electron chi connectivity index (χ4n) is 3.08. The lowest BCUT2D eigenvalue weighted by Crippen LogP contribution is -2.23. The second-order valence-corrected chi connectivity index (χ2v) is 9.88. The summed E-state index contributed by atoms with van der Waals surface area (Å²) in [5, 5.41) is 19.2. The Bertz CT molecular complexity index is 669. The first-order valence-corrected chi connectivity index (χ1v) is 12.2. The third kappa shape index (κ3) is 15.6. The molecule has 2 unspecified atom stereocenters. The Balaban J connectivity index is 0.000000770. The molecule has 0 bridgehead atoms. The number of aliphatic hydroxyl groups is 2. The van der Waals surface area contributed by atoms with Gasteiger partial charge in [0.1, 0.15) is 0 Å². The van der Waals surface area contributed by atoms with Crippen LogP contribution in [0.4, 0.5) is 0 Å². The van der Waals surface area contributed by atoms with Gasteiger partial charge in [0.25, 0.3) is 0 Å². The van der Waals surface area contributed by atoms with Gasteiger partial charge in [0.2, 0.25) is 0 Å². The normalized spacial score (nSPS) is 16.5.